The maximum absolute atomic E-state index is 11.8. The van der Waals surface area contributed by atoms with E-state index in [0.29, 0.717) is 11.4 Å². The molecule has 0 saturated carbocycles. The summed E-state index contributed by atoms with van der Waals surface area (Å²) in [4.78, 5) is 11.8. The third-order valence-electron chi connectivity index (χ3n) is 3.09. The lowest BCUT2D eigenvalue weighted by molar-refractivity contribution is -0.129. The van der Waals surface area contributed by atoms with Crippen molar-refractivity contribution in [1.82, 2.24) is 0 Å². The van der Waals surface area contributed by atoms with Crippen LogP contribution in [0.2, 0.25) is 0 Å². The molecule has 18 heavy (non-hydrogen) atoms. The molecule has 1 aromatic rings. The summed E-state index contributed by atoms with van der Waals surface area (Å²) in [6, 6.07) is 3.42. The Morgan fingerprint density at radius 3 is 2.44 bits per heavy atom. The summed E-state index contributed by atoms with van der Waals surface area (Å²) >= 11 is 0. The lowest BCUT2D eigenvalue weighted by Gasteiger charge is -2.35. The molecule has 1 heterocycles. The summed E-state index contributed by atoms with van der Waals surface area (Å²) in [5.41, 5.74) is 0.270. The van der Waals surface area contributed by atoms with E-state index in [1.807, 2.05) is 6.07 Å². The Balaban J connectivity index is 2.65. The zero-order chi connectivity index (χ0) is 13.7. The van der Waals surface area contributed by atoms with E-state index in [1.165, 1.54) is 0 Å². The maximum atomic E-state index is 11.8. The quantitative estimate of drug-likeness (QED) is 0.695. The monoisotopic (exact) mass is 249 g/mol. The van der Waals surface area contributed by atoms with E-state index >= 15 is 0 Å². The Hall–Kier alpha value is -1.71. The largest absolute Gasteiger partial charge is 0.506 e. The van der Waals surface area contributed by atoms with E-state index in [2.05, 4.69) is 26.1 Å². The number of fused-ring (bicyclic) bond motifs is 1. The lowest BCUT2D eigenvalue weighted by Crippen LogP contribution is -2.46. The van der Waals surface area contributed by atoms with Gasteiger partial charge in [0.05, 0.1) is 0 Å². The van der Waals surface area contributed by atoms with Gasteiger partial charge >= 0.3 is 0 Å². The molecule has 0 fully saturated rings. The summed E-state index contributed by atoms with van der Waals surface area (Å²) in [5, 5.41) is 12.6. The second kappa shape index (κ2) is 3.64. The van der Waals surface area contributed by atoms with Crippen molar-refractivity contribution < 1.29 is 14.6 Å². The second-order valence-corrected chi connectivity index (χ2v) is 6.15. The van der Waals surface area contributed by atoms with Crippen LogP contribution in [-0.4, -0.2) is 16.6 Å². The highest BCUT2D eigenvalue weighted by Gasteiger charge is 2.39. The Morgan fingerprint density at radius 1 is 1.28 bits per heavy atom. The van der Waals surface area contributed by atoms with Crippen molar-refractivity contribution in [3.63, 3.8) is 0 Å². The van der Waals surface area contributed by atoms with Crippen LogP contribution in [0.5, 0.6) is 11.5 Å². The first kappa shape index (κ1) is 12.7. The third kappa shape index (κ3) is 1.92. The Labute approximate surface area is 107 Å². The molecule has 0 spiro atoms. The molecule has 2 N–H and O–H groups in total. The van der Waals surface area contributed by atoms with E-state index in [4.69, 9.17) is 4.74 Å². The van der Waals surface area contributed by atoms with Crippen molar-refractivity contribution in [1.29, 1.82) is 0 Å². The van der Waals surface area contributed by atoms with Gasteiger partial charge in [-0.2, -0.15) is 0 Å². The van der Waals surface area contributed by atoms with Gasteiger partial charge in [-0.3, -0.25) is 4.79 Å². The molecule has 0 aliphatic carbocycles. The lowest BCUT2D eigenvalue weighted by atomic mass is 9.85. The number of hydrogen-bond acceptors (Lipinski definition) is 3. The average Bonchev–Trinajstić information content (AvgIpc) is 2.19. The van der Waals surface area contributed by atoms with Gasteiger partial charge in [-0.15, -0.1) is 0 Å². The summed E-state index contributed by atoms with van der Waals surface area (Å²) in [6.07, 6.45) is 0. The fourth-order valence-electron chi connectivity index (χ4n) is 1.96. The smallest absolute Gasteiger partial charge is 0.268 e. The van der Waals surface area contributed by atoms with E-state index in [1.54, 1.807) is 19.9 Å². The maximum Gasteiger partial charge on any atom is 0.268 e. The van der Waals surface area contributed by atoms with Gasteiger partial charge in [-0.1, -0.05) is 26.8 Å². The van der Waals surface area contributed by atoms with Gasteiger partial charge in [-0.25, -0.2) is 0 Å². The minimum atomic E-state index is -0.930. The second-order valence-electron chi connectivity index (χ2n) is 6.15. The molecule has 98 valence electrons. The van der Waals surface area contributed by atoms with E-state index in [9.17, 15) is 9.90 Å². The highest BCUT2D eigenvalue weighted by Crippen LogP contribution is 2.46. The van der Waals surface area contributed by atoms with Crippen molar-refractivity contribution in [3.8, 4) is 11.5 Å². The van der Waals surface area contributed by atoms with E-state index in [0.717, 1.165) is 5.56 Å². The first-order valence-electron chi connectivity index (χ1n) is 6.00. The first-order valence-corrected chi connectivity index (χ1v) is 6.00. The molecule has 2 rings (SSSR count). The first-order chi connectivity index (χ1) is 8.13. The molecule has 4 heteroatoms. The summed E-state index contributed by atoms with van der Waals surface area (Å²) in [6.45, 7) is 9.61. The SMILES string of the molecule is CC1(C)Oc2c(C(C)(C)C)ccc(O)c2NC1=O. The van der Waals surface area contributed by atoms with Crippen LogP contribution in [0.15, 0.2) is 12.1 Å². The third-order valence-corrected chi connectivity index (χ3v) is 3.09. The predicted molar refractivity (Wildman–Crippen MR) is 70.1 cm³/mol. The van der Waals surface area contributed by atoms with Gasteiger partial charge in [0.15, 0.2) is 11.4 Å². The van der Waals surface area contributed by atoms with Crippen LogP contribution in [0.25, 0.3) is 0 Å². The number of hydrogen-bond donors (Lipinski definition) is 2. The Morgan fingerprint density at radius 2 is 1.89 bits per heavy atom. The topological polar surface area (TPSA) is 58.6 Å². The number of anilines is 1. The molecule has 0 bridgehead atoms. The number of benzene rings is 1. The molecule has 0 unspecified atom stereocenters. The van der Waals surface area contributed by atoms with Crippen LogP contribution in [0, 0.1) is 0 Å². The van der Waals surface area contributed by atoms with Crippen LogP contribution >= 0.6 is 0 Å². The molecular weight excluding hydrogens is 230 g/mol. The number of ether oxygens (including phenoxy) is 1. The fraction of sp³-hybridized carbons (Fsp3) is 0.500. The molecule has 0 radical (unpaired) electrons. The molecule has 0 aromatic heterocycles. The van der Waals surface area contributed by atoms with Crippen molar-refractivity contribution in [2.45, 2.75) is 45.6 Å². The van der Waals surface area contributed by atoms with Crippen LogP contribution in [0.3, 0.4) is 0 Å². The van der Waals surface area contributed by atoms with Gasteiger partial charge in [0.2, 0.25) is 0 Å². The predicted octanol–water partition coefficient (Wildman–Crippen LogP) is 2.80. The molecule has 1 aromatic carbocycles. The summed E-state index contributed by atoms with van der Waals surface area (Å²) < 4.78 is 5.80. The van der Waals surface area contributed by atoms with Crippen LogP contribution in [0.4, 0.5) is 5.69 Å². The van der Waals surface area contributed by atoms with E-state index < -0.39 is 5.60 Å². The Bertz CT molecular complexity index is 513. The van der Waals surface area contributed by atoms with Crippen molar-refractivity contribution in [2.75, 3.05) is 5.32 Å². The summed E-state index contributed by atoms with van der Waals surface area (Å²) in [5.74, 6) is 0.338. The number of aromatic hydroxyl groups is 1. The molecule has 1 aliphatic heterocycles. The van der Waals surface area contributed by atoms with Gasteiger partial charge in [-0.05, 0) is 25.3 Å². The van der Waals surface area contributed by atoms with Crippen molar-refractivity contribution in [2.24, 2.45) is 0 Å². The molecule has 0 saturated heterocycles. The zero-order valence-corrected chi connectivity index (χ0v) is 11.4. The molecular formula is C14H19NO3. The van der Waals surface area contributed by atoms with Gasteiger partial charge in [0.1, 0.15) is 11.4 Å². The number of rotatable bonds is 0. The van der Waals surface area contributed by atoms with Crippen molar-refractivity contribution >= 4 is 11.6 Å². The number of carbonyl (C=O) groups excluding carboxylic acids is 1. The standard InChI is InChI=1S/C14H19NO3/c1-13(2,3)8-6-7-9(16)10-11(8)18-14(4,5)12(17)15-10/h6-7,16H,1-5H3,(H,15,17). The normalized spacial score (nSPS) is 17.7. The Kier molecular flexibility index (Phi) is 2.58. The molecule has 1 aliphatic rings. The van der Waals surface area contributed by atoms with Crippen molar-refractivity contribution in [3.05, 3.63) is 17.7 Å². The highest BCUT2D eigenvalue weighted by molar-refractivity contribution is 6.02. The van der Waals surface area contributed by atoms with Gasteiger partial charge in [0, 0.05) is 5.56 Å². The highest BCUT2D eigenvalue weighted by atomic mass is 16.5. The number of nitrogens with one attached hydrogen (secondary N) is 1. The molecule has 1 amide bonds. The number of phenolic OH excluding ortho intramolecular Hbond substituents is 1. The van der Waals surface area contributed by atoms with Crippen LogP contribution in [-0.2, 0) is 10.2 Å². The molecule has 4 nitrogen and oxygen atoms in total. The summed E-state index contributed by atoms with van der Waals surface area (Å²) in [7, 11) is 0. The minimum absolute atomic E-state index is 0.0295. The minimum Gasteiger partial charge on any atom is -0.506 e. The van der Waals surface area contributed by atoms with Crippen LogP contribution in [0.1, 0.15) is 40.2 Å². The van der Waals surface area contributed by atoms with Gasteiger partial charge in [0.25, 0.3) is 5.91 Å². The fourth-order valence-corrected chi connectivity index (χ4v) is 1.96. The van der Waals surface area contributed by atoms with Gasteiger partial charge < -0.3 is 15.2 Å². The number of carbonyl (C=O) groups is 1. The van der Waals surface area contributed by atoms with E-state index in [-0.39, 0.29) is 17.1 Å². The average molecular weight is 249 g/mol. The molecule has 0 atom stereocenters. The number of phenols is 1. The van der Waals surface area contributed by atoms with Crippen LogP contribution < -0.4 is 10.1 Å². The number of amides is 1. The zero-order valence-electron chi connectivity index (χ0n) is 11.4.